The lowest BCUT2D eigenvalue weighted by atomic mass is 10.0. The molecule has 0 heterocycles. The molecule has 0 saturated carbocycles. The summed E-state index contributed by atoms with van der Waals surface area (Å²) in [4.78, 5) is 0. The van der Waals surface area contributed by atoms with E-state index in [1.54, 1.807) is 6.07 Å². The predicted octanol–water partition coefficient (Wildman–Crippen LogP) is 5.22. The van der Waals surface area contributed by atoms with Gasteiger partial charge in [-0.15, -0.1) is 0 Å². The number of halogens is 2. The maximum absolute atomic E-state index is 6.17. The van der Waals surface area contributed by atoms with Gasteiger partial charge in [0, 0.05) is 15.6 Å². The average molecular weight is 251 g/mol. The number of hydrogen-bond donors (Lipinski definition) is 0. The van der Waals surface area contributed by atoms with E-state index in [0.29, 0.717) is 5.02 Å². The van der Waals surface area contributed by atoms with Crippen LogP contribution in [0.5, 0.6) is 0 Å². The first-order chi connectivity index (χ1) is 7.70. The van der Waals surface area contributed by atoms with Gasteiger partial charge in [0.15, 0.2) is 0 Å². The zero-order valence-corrected chi connectivity index (χ0v) is 10.5. The molecule has 2 heteroatoms. The van der Waals surface area contributed by atoms with E-state index in [1.165, 1.54) is 5.56 Å². The lowest BCUT2D eigenvalue weighted by molar-refractivity contribution is 1.14. The molecule has 0 aliphatic heterocycles. The molecular weight excluding hydrogens is 239 g/mol. The molecule has 82 valence electrons. The van der Waals surface area contributed by atoms with Crippen LogP contribution in [0.3, 0.4) is 0 Å². The largest absolute Gasteiger partial charge is 0.0843 e. The second kappa shape index (κ2) is 4.90. The van der Waals surface area contributed by atoms with Crippen molar-refractivity contribution in [2.75, 3.05) is 0 Å². The minimum absolute atomic E-state index is 0.710. The Morgan fingerprint density at radius 1 is 1.00 bits per heavy atom. The molecule has 0 atom stereocenters. The van der Waals surface area contributed by atoms with Crippen molar-refractivity contribution >= 4 is 23.2 Å². The molecule has 0 fully saturated rings. The molecule has 0 bridgehead atoms. The summed E-state index contributed by atoms with van der Waals surface area (Å²) in [7, 11) is 0. The van der Waals surface area contributed by atoms with E-state index in [9.17, 15) is 0 Å². The summed E-state index contributed by atoms with van der Waals surface area (Å²) < 4.78 is 0. The SMILES string of the molecule is CCc1cccc(-c2cc(Cl)ccc2Cl)c1. The van der Waals surface area contributed by atoms with Gasteiger partial charge < -0.3 is 0 Å². The van der Waals surface area contributed by atoms with E-state index in [1.807, 2.05) is 18.2 Å². The normalized spacial score (nSPS) is 10.4. The Morgan fingerprint density at radius 2 is 1.81 bits per heavy atom. The van der Waals surface area contributed by atoms with Crippen molar-refractivity contribution in [1.29, 1.82) is 0 Å². The number of rotatable bonds is 2. The molecule has 0 aliphatic rings. The van der Waals surface area contributed by atoms with Crippen molar-refractivity contribution in [1.82, 2.24) is 0 Å². The fourth-order valence-corrected chi connectivity index (χ4v) is 2.08. The van der Waals surface area contributed by atoms with Gasteiger partial charge in [-0.05, 0) is 35.7 Å². The van der Waals surface area contributed by atoms with Crippen LogP contribution in [0, 0.1) is 0 Å². The molecule has 0 aromatic heterocycles. The minimum Gasteiger partial charge on any atom is -0.0843 e. The second-order valence-electron chi connectivity index (χ2n) is 3.68. The van der Waals surface area contributed by atoms with Gasteiger partial charge in [-0.1, -0.05) is 54.4 Å². The van der Waals surface area contributed by atoms with Gasteiger partial charge in [0.05, 0.1) is 0 Å². The molecule has 0 unspecified atom stereocenters. The van der Waals surface area contributed by atoms with Crippen LogP contribution in [0.4, 0.5) is 0 Å². The number of benzene rings is 2. The standard InChI is InChI=1S/C14H12Cl2/c1-2-10-4-3-5-11(8-10)13-9-12(15)6-7-14(13)16/h3-9H,2H2,1H3. The Balaban J connectivity index is 2.53. The zero-order chi connectivity index (χ0) is 11.5. The van der Waals surface area contributed by atoms with Gasteiger partial charge in [0.1, 0.15) is 0 Å². The molecular formula is C14H12Cl2. The van der Waals surface area contributed by atoms with E-state index in [2.05, 4.69) is 25.1 Å². The summed E-state index contributed by atoms with van der Waals surface area (Å²) >= 11 is 12.1. The van der Waals surface area contributed by atoms with Crippen molar-refractivity contribution in [3.63, 3.8) is 0 Å². The molecule has 0 spiro atoms. The van der Waals surface area contributed by atoms with Crippen LogP contribution in [0.25, 0.3) is 11.1 Å². The quantitative estimate of drug-likeness (QED) is 0.686. The summed E-state index contributed by atoms with van der Waals surface area (Å²) in [5, 5.41) is 1.44. The summed E-state index contributed by atoms with van der Waals surface area (Å²) in [5.41, 5.74) is 3.41. The van der Waals surface area contributed by atoms with E-state index in [4.69, 9.17) is 23.2 Å². The molecule has 16 heavy (non-hydrogen) atoms. The van der Waals surface area contributed by atoms with Gasteiger partial charge in [0.2, 0.25) is 0 Å². The van der Waals surface area contributed by atoms with Gasteiger partial charge in [-0.25, -0.2) is 0 Å². The fraction of sp³-hybridized carbons (Fsp3) is 0.143. The topological polar surface area (TPSA) is 0 Å². The number of hydrogen-bond acceptors (Lipinski definition) is 0. The summed E-state index contributed by atoms with van der Waals surface area (Å²) in [5.74, 6) is 0. The Bertz CT molecular complexity index is 504. The Kier molecular flexibility index (Phi) is 3.52. The molecule has 0 nitrogen and oxygen atoms in total. The monoisotopic (exact) mass is 250 g/mol. The summed E-state index contributed by atoms with van der Waals surface area (Å²) in [6.45, 7) is 2.14. The Labute approximate surface area is 106 Å². The molecule has 0 aliphatic carbocycles. The van der Waals surface area contributed by atoms with Crippen LogP contribution in [-0.2, 0) is 6.42 Å². The van der Waals surface area contributed by atoms with Crippen LogP contribution in [0.1, 0.15) is 12.5 Å². The fourth-order valence-electron chi connectivity index (χ4n) is 1.68. The lowest BCUT2D eigenvalue weighted by Gasteiger charge is -2.06. The van der Waals surface area contributed by atoms with Crippen molar-refractivity contribution in [2.24, 2.45) is 0 Å². The maximum Gasteiger partial charge on any atom is 0.0485 e. The smallest absolute Gasteiger partial charge is 0.0485 e. The third kappa shape index (κ3) is 2.40. The molecule has 2 aromatic rings. The third-order valence-corrected chi connectivity index (χ3v) is 3.14. The second-order valence-corrected chi connectivity index (χ2v) is 4.52. The molecule has 0 radical (unpaired) electrons. The first-order valence-corrected chi connectivity index (χ1v) is 6.00. The molecule has 0 amide bonds. The molecule has 0 saturated heterocycles. The lowest BCUT2D eigenvalue weighted by Crippen LogP contribution is -1.84. The third-order valence-electron chi connectivity index (χ3n) is 2.57. The van der Waals surface area contributed by atoms with Crippen LogP contribution in [0.2, 0.25) is 10.0 Å². The molecule has 0 N–H and O–H groups in total. The maximum atomic E-state index is 6.17. The van der Waals surface area contributed by atoms with E-state index >= 15 is 0 Å². The van der Waals surface area contributed by atoms with Crippen LogP contribution < -0.4 is 0 Å². The zero-order valence-electron chi connectivity index (χ0n) is 9.00. The van der Waals surface area contributed by atoms with Gasteiger partial charge in [-0.3, -0.25) is 0 Å². The van der Waals surface area contributed by atoms with Crippen LogP contribution in [0.15, 0.2) is 42.5 Å². The average Bonchev–Trinajstić information content (AvgIpc) is 2.32. The summed E-state index contributed by atoms with van der Waals surface area (Å²) in [6.07, 6.45) is 1.02. The molecule has 2 rings (SSSR count). The predicted molar refractivity (Wildman–Crippen MR) is 71.3 cm³/mol. The first-order valence-electron chi connectivity index (χ1n) is 5.25. The van der Waals surface area contributed by atoms with Crippen molar-refractivity contribution in [3.8, 4) is 11.1 Å². The van der Waals surface area contributed by atoms with E-state index in [-0.39, 0.29) is 0 Å². The van der Waals surface area contributed by atoms with E-state index in [0.717, 1.165) is 22.6 Å². The highest BCUT2D eigenvalue weighted by Crippen LogP contribution is 2.30. The Hall–Kier alpha value is -0.980. The summed E-state index contributed by atoms with van der Waals surface area (Å²) in [6, 6.07) is 13.9. The highest BCUT2D eigenvalue weighted by atomic mass is 35.5. The van der Waals surface area contributed by atoms with Gasteiger partial charge >= 0.3 is 0 Å². The first kappa shape index (κ1) is 11.5. The minimum atomic E-state index is 0.710. The van der Waals surface area contributed by atoms with Gasteiger partial charge in [0.25, 0.3) is 0 Å². The highest BCUT2D eigenvalue weighted by molar-refractivity contribution is 6.35. The molecule has 2 aromatic carbocycles. The van der Waals surface area contributed by atoms with Crippen molar-refractivity contribution < 1.29 is 0 Å². The Morgan fingerprint density at radius 3 is 2.56 bits per heavy atom. The van der Waals surface area contributed by atoms with Gasteiger partial charge in [-0.2, -0.15) is 0 Å². The van der Waals surface area contributed by atoms with Crippen LogP contribution in [-0.4, -0.2) is 0 Å². The number of aryl methyl sites for hydroxylation is 1. The van der Waals surface area contributed by atoms with Crippen molar-refractivity contribution in [3.05, 3.63) is 58.1 Å². The highest BCUT2D eigenvalue weighted by Gasteiger charge is 2.04. The van der Waals surface area contributed by atoms with Crippen molar-refractivity contribution in [2.45, 2.75) is 13.3 Å². The van der Waals surface area contributed by atoms with Crippen LogP contribution >= 0.6 is 23.2 Å². The van der Waals surface area contributed by atoms with E-state index < -0.39 is 0 Å².